The number of para-hydroxylation sites is 1. The molecule has 1 aliphatic heterocycles. The van der Waals surface area contributed by atoms with E-state index in [4.69, 9.17) is 23.1 Å². The van der Waals surface area contributed by atoms with E-state index >= 15 is 4.39 Å². The Morgan fingerprint density at radius 2 is 1.97 bits per heavy atom. The fraction of sp³-hybridized carbons (Fsp3) is 0.500. The Kier molecular flexibility index (Phi) is 9.05. The van der Waals surface area contributed by atoms with Crippen LogP contribution < -0.4 is 21.3 Å². The molecule has 0 saturated carbocycles. The molecule has 1 aliphatic rings. The molecule has 0 radical (unpaired) electrons. The molecule has 37 heavy (non-hydrogen) atoms. The number of aliphatic hydroxyl groups is 1. The maximum atomic E-state index is 15.5. The summed E-state index contributed by atoms with van der Waals surface area (Å²) in [6.45, 7) is 3.61. The number of nitrogens with zero attached hydrogens (tertiary/aromatic N) is 1. The highest BCUT2D eigenvalue weighted by Gasteiger charge is 2.56. The van der Waals surface area contributed by atoms with E-state index in [-0.39, 0.29) is 11.7 Å². The number of H-pyrrole nitrogens is 1. The van der Waals surface area contributed by atoms with Crippen LogP contribution in [0.3, 0.4) is 0 Å². The lowest BCUT2D eigenvalue weighted by Gasteiger charge is -2.25. The van der Waals surface area contributed by atoms with Gasteiger partial charge in [0.1, 0.15) is 24.0 Å². The van der Waals surface area contributed by atoms with E-state index in [0.29, 0.717) is 0 Å². The molecule has 1 fully saturated rings. The molecular formula is C22H29FN3O10P. The Labute approximate surface area is 211 Å². The average molecular weight is 545 g/mol. The number of benzene rings is 1. The summed E-state index contributed by atoms with van der Waals surface area (Å²) < 4.78 is 51.0. The van der Waals surface area contributed by atoms with E-state index in [9.17, 15) is 24.1 Å². The van der Waals surface area contributed by atoms with Gasteiger partial charge in [-0.2, -0.15) is 5.48 Å². The third-order valence-electron chi connectivity index (χ3n) is 5.55. The van der Waals surface area contributed by atoms with Crippen molar-refractivity contribution in [1.29, 1.82) is 0 Å². The first-order valence-corrected chi connectivity index (χ1v) is 12.7. The summed E-state index contributed by atoms with van der Waals surface area (Å²) in [7, 11) is -3.43. The minimum atomic E-state index is -4.72. The monoisotopic (exact) mass is 545 g/mol. The maximum Gasteiger partial charge on any atom is 0.589 e. The van der Waals surface area contributed by atoms with Crippen molar-refractivity contribution in [1.82, 2.24) is 15.0 Å². The van der Waals surface area contributed by atoms with Gasteiger partial charge >= 0.3 is 19.5 Å². The molecule has 3 N–H and O–H groups in total. The number of halogens is 1. The summed E-state index contributed by atoms with van der Waals surface area (Å²) in [4.78, 5) is 43.0. The predicted octanol–water partition coefficient (Wildman–Crippen LogP) is 1.45. The van der Waals surface area contributed by atoms with E-state index in [1.165, 1.54) is 19.2 Å². The van der Waals surface area contributed by atoms with Gasteiger partial charge in [-0.25, -0.2) is 18.5 Å². The molecule has 2 aromatic rings. The lowest BCUT2D eigenvalue weighted by atomic mass is 9.98. The molecule has 1 saturated heterocycles. The van der Waals surface area contributed by atoms with Crippen LogP contribution >= 0.6 is 7.82 Å². The Morgan fingerprint density at radius 3 is 2.57 bits per heavy atom. The molecule has 0 amide bonds. The number of phosphoric ester groups is 1. The first-order valence-electron chi connectivity index (χ1n) is 11.2. The number of hydroxylamine groups is 1. The molecular weight excluding hydrogens is 516 g/mol. The number of ether oxygens (including phenoxy) is 1. The van der Waals surface area contributed by atoms with Gasteiger partial charge in [0.25, 0.3) is 5.56 Å². The second kappa shape index (κ2) is 11.7. The molecule has 0 bridgehead atoms. The molecule has 3 rings (SSSR count). The Bertz CT molecular complexity index is 1230. The van der Waals surface area contributed by atoms with Crippen molar-refractivity contribution in [2.24, 2.45) is 5.92 Å². The smallest absolute Gasteiger partial charge is 0.395 e. The zero-order valence-corrected chi connectivity index (χ0v) is 21.4. The lowest BCUT2D eigenvalue weighted by molar-refractivity contribution is -0.144. The van der Waals surface area contributed by atoms with E-state index in [1.54, 1.807) is 32.0 Å². The van der Waals surface area contributed by atoms with Crippen molar-refractivity contribution in [2.75, 3.05) is 13.7 Å². The Balaban J connectivity index is 1.82. The topological polar surface area (TPSA) is 167 Å². The summed E-state index contributed by atoms with van der Waals surface area (Å²) in [5, 5.41) is 10.6. The minimum Gasteiger partial charge on any atom is -0.395 e. The number of aliphatic hydroxyl groups excluding tert-OH is 1. The standard InChI is InChI=1S/C22H29FN3O10P/c1-13(2)17(25-32-4)19(29)36-37(31,35-14-8-6-5-7-9-14)33-12-15-18(28)22(3,23)20(34-15)26-11-10-16(27)24-21(26)30/h5-11,13,15,17-18,20,25,28H,12H2,1-4H3,(H,24,27,30)/t15-,17+,18-,20-,22+,37?/m1/s1. The Morgan fingerprint density at radius 1 is 1.30 bits per heavy atom. The van der Waals surface area contributed by atoms with Gasteiger partial charge in [-0.3, -0.25) is 18.9 Å². The average Bonchev–Trinajstić information content (AvgIpc) is 3.05. The zero-order chi connectivity index (χ0) is 27.4. The van der Waals surface area contributed by atoms with E-state index in [1.807, 2.05) is 4.98 Å². The van der Waals surface area contributed by atoms with E-state index in [0.717, 1.165) is 23.8 Å². The quantitative estimate of drug-likeness (QED) is 0.276. The van der Waals surface area contributed by atoms with Crippen LogP contribution in [0.5, 0.6) is 5.75 Å². The van der Waals surface area contributed by atoms with Crippen LogP contribution in [0.2, 0.25) is 0 Å². The van der Waals surface area contributed by atoms with Crippen LogP contribution in [0.15, 0.2) is 52.2 Å². The van der Waals surface area contributed by atoms with Crippen molar-refractivity contribution in [3.63, 3.8) is 0 Å². The third-order valence-corrected chi connectivity index (χ3v) is 6.85. The van der Waals surface area contributed by atoms with Crippen LogP contribution in [0, 0.1) is 5.92 Å². The number of hydrogen-bond acceptors (Lipinski definition) is 11. The highest BCUT2D eigenvalue weighted by atomic mass is 31.2. The first kappa shape index (κ1) is 28.7. The molecule has 13 nitrogen and oxygen atoms in total. The summed E-state index contributed by atoms with van der Waals surface area (Å²) in [6, 6.07) is 7.65. The van der Waals surface area contributed by atoms with E-state index in [2.05, 4.69) is 5.48 Å². The van der Waals surface area contributed by atoms with Crippen molar-refractivity contribution < 1.29 is 42.0 Å². The number of aromatic nitrogens is 2. The highest BCUT2D eigenvalue weighted by Crippen LogP contribution is 2.51. The predicted molar refractivity (Wildman–Crippen MR) is 126 cm³/mol. The molecule has 1 aromatic carbocycles. The first-order chi connectivity index (χ1) is 17.4. The summed E-state index contributed by atoms with van der Waals surface area (Å²) in [5.41, 5.74) is -1.76. The molecule has 0 spiro atoms. The van der Waals surface area contributed by atoms with Crippen LogP contribution in [-0.4, -0.2) is 58.3 Å². The number of carbonyl (C=O) groups is 1. The second-order valence-electron chi connectivity index (χ2n) is 8.74. The fourth-order valence-electron chi connectivity index (χ4n) is 3.56. The summed E-state index contributed by atoms with van der Waals surface area (Å²) in [6.07, 6.45) is -3.98. The number of hydrogen-bond donors (Lipinski definition) is 3. The molecule has 6 atom stereocenters. The third kappa shape index (κ3) is 6.72. The summed E-state index contributed by atoms with van der Waals surface area (Å²) >= 11 is 0. The van der Waals surface area contributed by atoms with Gasteiger partial charge in [-0.1, -0.05) is 32.0 Å². The van der Waals surface area contributed by atoms with Gasteiger partial charge in [0.05, 0.1) is 13.7 Å². The lowest BCUT2D eigenvalue weighted by Crippen LogP contribution is -2.43. The van der Waals surface area contributed by atoms with Crippen molar-refractivity contribution in [3.05, 3.63) is 63.4 Å². The number of phosphoric acid groups is 1. The number of carbonyl (C=O) groups excluding carboxylic acids is 1. The van der Waals surface area contributed by atoms with Crippen molar-refractivity contribution >= 4 is 13.8 Å². The van der Waals surface area contributed by atoms with Crippen LogP contribution in [0.25, 0.3) is 0 Å². The van der Waals surface area contributed by atoms with Crippen molar-refractivity contribution in [3.8, 4) is 5.75 Å². The van der Waals surface area contributed by atoms with Gasteiger partial charge in [0, 0.05) is 12.3 Å². The maximum absolute atomic E-state index is 15.5. The highest BCUT2D eigenvalue weighted by molar-refractivity contribution is 7.49. The SMILES string of the molecule is CON[C@H](C(=O)OP(=O)(OC[C@H]1O[C@@H](n2ccc(=O)[nH]c2=O)[C@@](C)(F)[C@@H]1O)Oc1ccccc1)C(C)C. The number of nitrogens with one attached hydrogen (secondary N) is 2. The molecule has 2 heterocycles. The zero-order valence-electron chi connectivity index (χ0n) is 20.5. The number of alkyl halides is 1. The van der Waals surface area contributed by atoms with E-state index < -0.39 is 61.8 Å². The van der Waals surface area contributed by atoms with Crippen LogP contribution in [0.4, 0.5) is 4.39 Å². The van der Waals surface area contributed by atoms with Gasteiger partial charge in [-0.15, -0.1) is 0 Å². The molecule has 0 aliphatic carbocycles. The Hall–Kier alpha value is -2.87. The van der Waals surface area contributed by atoms with Gasteiger partial charge < -0.3 is 23.7 Å². The molecule has 1 unspecified atom stereocenters. The van der Waals surface area contributed by atoms with Gasteiger partial charge in [0.15, 0.2) is 11.9 Å². The van der Waals surface area contributed by atoms with Crippen molar-refractivity contribution in [2.45, 2.75) is 50.9 Å². The molecule has 204 valence electrons. The molecule has 1 aromatic heterocycles. The minimum absolute atomic E-state index is 0.0420. The normalized spacial score (nSPS) is 26.0. The van der Waals surface area contributed by atoms with Crippen LogP contribution in [0.1, 0.15) is 27.0 Å². The number of rotatable bonds is 11. The van der Waals surface area contributed by atoms with Gasteiger partial charge in [-0.05, 0) is 25.0 Å². The molecule has 15 heteroatoms. The largest absolute Gasteiger partial charge is 0.589 e. The van der Waals surface area contributed by atoms with Crippen LogP contribution in [-0.2, 0) is 28.0 Å². The summed E-state index contributed by atoms with van der Waals surface area (Å²) in [5.74, 6) is -1.32. The second-order valence-corrected chi connectivity index (χ2v) is 10.3. The van der Waals surface area contributed by atoms with Gasteiger partial charge in [0.2, 0.25) is 0 Å². The fourth-order valence-corrected chi connectivity index (χ4v) is 4.75. The number of aromatic amines is 1.